The first-order chi connectivity index (χ1) is 11.6. The van der Waals surface area contributed by atoms with Gasteiger partial charge in [-0.25, -0.2) is 4.79 Å². The van der Waals surface area contributed by atoms with Crippen LogP contribution < -0.4 is 5.32 Å². The van der Waals surface area contributed by atoms with Crippen LogP contribution in [0.3, 0.4) is 0 Å². The van der Waals surface area contributed by atoms with E-state index in [9.17, 15) is 4.79 Å². The van der Waals surface area contributed by atoms with Crippen molar-refractivity contribution >= 4 is 6.09 Å². The number of alkyl carbamates (subject to hydrolysis) is 1. The van der Waals surface area contributed by atoms with Crippen molar-refractivity contribution in [2.24, 2.45) is 5.92 Å². The smallest absolute Gasteiger partial charge is 0.408 e. The topological polar surface area (TPSA) is 41.6 Å². The standard InChI is InChI=1S/C20H28N2O2/c1-15-4-6-17(7-5-15)20(10-2-3-11-20)21-19(23)24-18-14-22-12-8-16(18)9-13-22/h4-7,16,18H,2-3,8-14H2,1H3,(H,21,23). The summed E-state index contributed by atoms with van der Waals surface area (Å²) in [6.07, 6.45) is 6.51. The van der Waals surface area contributed by atoms with E-state index < -0.39 is 0 Å². The third-order valence-electron chi connectivity index (χ3n) is 6.26. The van der Waals surface area contributed by atoms with Crippen molar-refractivity contribution in [1.29, 1.82) is 0 Å². The van der Waals surface area contributed by atoms with E-state index in [1.165, 1.54) is 37.1 Å². The molecule has 24 heavy (non-hydrogen) atoms. The Kier molecular flexibility index (Phi) is 4.25. The summed E-state index contributed by atoms with van der Waals surface area (Å²) in [5.74, 6) is 0.555. The van der Waals surface area contributed by atoms with E-state index in [0.29, 0.717) is 5.92 Å². The molecule has 1 aromatic carbocycles. The molecule has 3 aliphatic heterocycles. The lowest BCUT2D eigenvalue weighted by Crippen LogP contribution is -2.54. The summed E-state index contributed by atoms with van der Waals surface area (Å²) in [6.45, 7) is 5.34. The fourth-order valence-corrected chi connectivity index (χ4v) is 4.74. The molecule has 4 heteroatoms. The van der Waals surface area contributed by atoms with Gasteiger partial charge in [0.05, 0.1) is 5.54 Å². The molecule has 1 saturated carbocycles. The van der Waals surface area contributed by atoms with Gasteiger partial charge in [0.1, 0.15) is 6.10 Å². The number of amides is 1. The van der Waals surface area contributed by atoms with Crippen LogP contribution in [-0.4, -0.2) is 36.7 Å². The summed E-state index contributed by atoms with van der Waals surface area (Å²) in [4.78, 5) is 15.1. The third-order valence-corrected chi connectivity index (χ3v) is 6.26. The Bertz CT molecular complexity index is 584. The molecule has 1 unspecified atom stereocenters. The molecular weight excluding hydrogens is 300 g/mol. The normalized spacial score (nSPS) is 31.0. The van der Waals surface area contributed by atoms with Crippen LogP contribution in [0.4, 0.5) is 4.79 Å². The molecule has 5 rings (SSSR count). The van der Waals surface area contributed by atoms with E-state index in [-0.39, 0.29) is 17.7 Å². The zero-order valence-corrected chi connectivity index (χ0v) is 14.6. The first kappa shape index (κ1) is 15.9. The summed E-state index contributed by atoms with van der Waals surface area (Å²) in [5, 5.41) is 3.26. The molecule has 1 aromatic rings. The van der Waals surface area contributed by atoms with Crippen LogP contribution in [0.15, 0.2) is 24.3 Å². The van der Waals surface area contributed by atoms with Gasteiger partial charge in [-0.15, -0.1) is 0 Å². The molecule has 4 nitrogen and oxygen atoms in total. The highest BCUT2D eigenvalue weighted by Gasteiger charge is 2.40. The lowest BCUT2D eigenvalue weighted by molar-refractivity contribution is -0.0354. The summed E-state index contributed by atoms with van der Waals surface area (Å²) < 4.78 is 5.87. The van der Waals surface area contributed by atoms with Crippen molar-refractivity contribution in [2.75, 3.05) is 19.6 Å². The second-order valence-corrected chi connectivity index (χ2v) is 7.86. The second-order valence-electron chi connectivity index (χ2n) is 7.86. The number of benzene rings is 1. The Morgan fingerprint density at radius 2 is 1.83 bits per heavy atom. The Morgan fingerprint density at radius 1 is 1.17 bits per heavy atom. The molecule has 130 valence electrons. The average molecular weight is 328 g/mol. The summed E-state index contributed by atoms with van der Waals surface area (Å²) in [6, 6.07) is 8.59. The summed E-state index contributed by atoms with van der Waals surface area (Å²) in [7, 11) is 0. The summed E-state index contributed by atoms with van der Waals surface area (Å²) >= 11 is 0. The highest BCUT2D eigenvalue weighted by atomic mass is 16.6. The van der Waals surface area contributed by atoms with Gasteiger partial charge in [-0.3, -0.25) is 4.90 Å². The second kappa shape index (κ2) is 6.40. The van der Waals surface area contributed by atoms with Gasteiger partial charge in [-0.1, -0.05) is 42.7 Å². The maximum absolute atomic E-state index is 12.6. The minimum absolute atomic E-state index is 0.0731. The predicted molar refractivity (Wildman–Crippen MR) is 93.9 cm³/mol. The molecule has 1 N–H and O–H groups in total. The van der Waals surface area contributed by atoms with Gasteiger partial charge >= 0.3 is 6.09 Å². The third kappa shape index (κ3) is 3.04. The van der Waals surface area contributed by atoms with Crippen molar-refractivity contribution in [3.8, 4) is 0 Å². The minimum Gasteiger partial charge on any atom is -0.445 e. The van der Waals surface area contributed by atoms with E-state index in [2.05, 4.69) is 41.4 Å². The number of piperidine rings is 3. The van der Waals surface area contributed by atoms with Crippen molar-refractivity contribution < 1.29 is 9.53 Å². The van der Waals surface area contributed by atoms with Crippen molar-refractivity contribution in [1.82, 2.24) is 10.2 Å². The Morgan fingerprint density at radius 3 is 2.42 bits per heavy atom. The van der Waals surface area contributed by atoms with Crippen LogP contribution in [0.5, 0.6) is 0 Å². The van der Waals surface area contributed by atoms with Gasteiger partial charge in [-0.2, -0.15) is 0 Å². The highest BCUT2D eigenvalue weighted by molar-refractivity contribution is 5.69. The molecular formula is C20H28N2O2. The van der Waals surface area contributed by atoms with Gasteiger partial charge < -0.3 is 10.1 Å². The molecule has 4 aliphatic rings. The Hall–Kier alpha value is -1.55. The number of fused-ring (bicyclic) bond motifs is 3. The van der Waals surface area contributed by atoms with E-state index in [0.717, 1.165) is 32.2 Å². The van der Waals surface area contributed by atoms with E-state index in [4.69, 9.17) is 4.74 Å². The monoisotopic (exact) mass is 328 g/mol. The van der Waals surface area contributed by atoms with Gasteiger partial charge in [-0.05, 0) is 57.2 Å². The molecule has 0 radical (unpaired) electrons. The number of carbonyl (C=O) groups excluding carboxylic acids is 1. The van der Waals surface area contributed by atoms with Crippen molar-refractivity contribution in [2.45, 2.75) is 57.1 Å². The number of aryl methyl sites for hydroxylation is 1. The molecule has 3 saturated heterocycles. The lowest BCUT2D eigenvalue weighted by atomic mass is 9.86. The van der Waals surface area contributed by atoms with Crippen LogP contribution in [-0.2, 0) is 10.3 Å². The van der Waals surface area contributed by atoms with E-state index in [1.54, 1.807) is 0 Å². The zero-order valence-electron chi connectivity index (χ0n) is 14.6. The molecule has 0 spiro atoms. The summed E-state index contributed by atoms with van der Waals surface area (Å²) in [5.41, 5.74) is 2.23. The zero-order chi connectivity index (χ0) is 16.6. The number of ether oxygens (including phenoxy) is 1. The fourth-order valence-electron chi connectivity index (χ4n) is 4.74. The molecule has 0 aromatic heterocycles. The highest BCUT2D eigenvalue weighted by Crippen LogP contribution is 2.39. The molecule has 1 aliphatic carbocycles. The Labute approximate surface area is 144 Å². The number of nitrogens with one attached hydrogen (secondary N) is 1. The van der Waals surface area contributed by atoms with Crippen molar-refractivity contribution in [3.63, 3.8) is 0 Å². The quantitative estimate of drug-likeness (QED) is 0.922. The SMILES string of the molecule is Cc1ccc(C2(NC(=O)OC3CN4CCC3CC4)CCCC2)cc1. The van der Waals surface area contributed by atoms with Gasteiger partial charge in [0.25, 0.3) is 0 Å². The molecule has 3 heterocycles. The largest absolute Gasteiger partial charge is 0.445 e. The maximum atomic E-state index is 12.6. The van der Waals surface area contributed by atoms with E-state index in [1.807, 2.05) is 0 Å². The van der Waals surface area contributed by atoms with Crippen LogP contribution >= 0.6 is 0 Å². The molecule has 4 fully saturated rings. The minimum atomic E-state index is -0.237. The number of carbonyl (C=O) groups is 1. The number of rotatable bonds is 3. The first-order valence-corrected chi connectivity index (χ1v) is 9.43. The van der Waals surface area contributed by atoms with Crippen LogP contribution in [0, 0.1) is 12.8 Å². The number of hydrogen-bond donors (Lipinski definition) is 1. The Balaban J connectivity index is 1.45. The predicted octanol–water partition coefficient (Wildman–Crippen LogP) is 3.58. The van der Waals surface area contributed by atoms with Gasteiger partial charge in [0.2, 0.25) is 0 Å². The van der Waals surface area contributed by atoms with Crippen LogP contribution in [0.2, 0.25) is 0 Å². The van der Waals surface area contributed by atoms with Gasteiger partial charge in [0.15, 0.2) is 0 Å². The lowest BCUT2D eigenvalue weighted by Gasteiger charge is -2.44. The average Bonchev–Trinajstić information content (AvgIpc) is 3.06. The first-order valence-electron chi connectivity index (χ1n) is 9.43. The molecule has 1 amide bonds. The fraction of sp³-hybridized carbons (Fsp3) is 0.650. The molecule has 1 atom stereocenters. The van der Waals surface area contributed by atoms with Gasteiger partial charge in [0, 0.05) is 6.54 Å². The number of hydrogen-bond acceptors (Lipinski definition) is 3. The molecule has 2 bridgehead atoms. The van der Waals surface area contributed by atoms with E-state index >= 15 is 0 Å². The van der Waals surface area contributed by atoms with Crippen LogP contribution in [0.25, 0.3) is 0 Å². The number of nitrogens with zero attached hydrogens (tertiary/aromatic N) is 1. The van der Waals surface area contributed by atoms with Crippen molar-refractivity contribution in [3.05, 3.63) is 35.4 Å². The maximum Gasteiger partial charge on any atom is 0.408 e. The van der Waals surface area contributed by atoms with Crippen LogP contribution in [0.1, 0.15) is 49.7 Å².